The molecule has 1 fully saturated rings. The van der Waals surface area contributed by atoms with Crippen molar-refractivity contribution in [3.8, 4) is 11.1 Å². The van der Waals surface area contributed by atoms with E-state index in [9.17, 15) is 9.18 Å². The predicted octanol–water partition coefficient (Wildman–Crippen LogP) is 5.92. The first-order chi connectivity index (χ1) is 17.1. The third-order valence-corrected chi connectivity index (χ3v) is 7.35. The monoisotopic (exact) mass is 474 g/mol. The molecule has 1 aliphatic rings. The van der Waals surface area contributed by atoms with E-state index in [2.05, 4.69) is 28.9 Å². The van der Waals surface area contributed by atoms with Crippen LogP contribution in [0.15, 0.2) is 78.9 Å². The Morgan fingerprint density at radius 3 is 2.34 bits per heavy atom. The molecule has 0 N–H and O–H groups in total. The lowest BCUT2D eigenvalue weighted by Crippen LogP contribution is -2.47. The number of ether oxygens (including phenoxy) is 1. The maximum Gasteiger partial charge on any atom is 0.316 e. The van der Waals surface area contributed by atoms with Gasteiger partial charge in [-0.25, -0.2) is 4.39 Å². The number of piperazine rings is 1. The molecule has 0 aliphatic carbocycles. The van der Waals surface area contributed by atoms with Gasteiger partial charge in [0.05, 0.1) is 12.5 Å². The van der Waals surface area contributed by atoms with Gasteiger partial charge in [0.2, 0.25) is 0 Å². The zero-order chi connectivity index (χ0) is 24.7. The summed E-state index contributed by atoms with van der Waals surface area (Å²) in [5, 5.41) is 0. The number of benzene rings is 3. The van der Waals surface area contributed by atoms with Crippen molar-refractivity contribution in [1.82, 2.24) is 4.90 Å². The second kappa shape index (κ2) is 11.5. The first-order valence-corrected chi connectivity index (χ1v) is 12.5. The van der Waals surface area contributed by atoms with Crippen molar-refractivity contribution in [3.05, 3.63) is 90.2 Å². The summed E-state index contributed by atoms with van der Waals surface area (Å²) in [5.41, 5.74) is 3.11. The number of carbonyl (C=O) groups is 1. The zero-order valence-electron chi connectivity index (χ0n) is 20.8. The summed E-state index contributed by atoms with van der Waals surface area (Å²) >= 11 is 0. The topological polar surface area (TPSA) is 32.8 Å². The quantitative estimate of drug-likeness (QED) is 0.361. The maximum atomic E-state index is 14.3. The molecule has 184 valence electrons. The molecule has 3 aromatic rings. The molecule has 35 heavy (non-hydrogen) atoms. The Labute approximate surface area is 208 Å². The maximum absolute atomic E-state index is 14.3. The summed E-state index contributed by atoms with van der Waals surface area (Å²) in [7, 11) is 1.48. The molecule has 0 bridgehead atoms. The molecule has 0 aromatic heterocycles. The van der Waals surface area contributed by atoms with Crippen LogP contribution in [0.25, 0.3) is 11.1 Å². The lowest BCUT2D eigenvalue weighted by atomic mass is 9.74. The molecule has 4 nitrogen and oxygen atoms in total. The third-order valence-electron chi connectivity index (χ3n) is 7.35. The van der Waals surface area contributed by atoms with Crippen molar-refractivity contribution < 1.29 is 13.9 Å². The first kappa shape index (κ1) is 24.9. The van der Waals surface area contributed by atoms with Crippen LogP contribution >= 0.6 is 0 Å². The van der Waals surface area contributed by atoms with Crippen LogP contribution in [-0.2, 0) is 14.9 Å². The summed E-state index contributed by atoms with van der Waals surface area (Å²) < 4.78 is 19.5. The zero-order valence-corrected chi connectivity index (χ0v) is 20.8. The average Bonchev–Trinajstić information content (AvgIpc) is 2.92. The number of anilines is 1. The van der Waals surface area contributed by atoms with Gasteiger partial charge in [0.15, 0.2) is 0 Å². The minimum Gasteiger partial charge on any atom is -0.468 e. The molecule has 0 radical (unpaired) electrons. The van der Waals surface area contributed by atoms with E-state index in [1.165, 1.54) is 13.2 Å². The van der Waals surface area contributed by atoms with Crippen LogP contribution in [0, 0.1) is 5.82 Å². The van der Waals surface area contributed by atoms with Gasteiger partial charge in [-0.05, 0) is 55.1 Å². The number of hydrogen-bond acceptors (Lipinski definition) is 4. The Bertz CT molecular complexity index is 1110. The van der Waals surface area contributed by atoms with Crippen LogP contribution in [0.4, 0.5) is 10.1 Å². The standard InChI is InChI=1S/C30H35FN2O2/c1-3-30(29(34)35-2,25-12-5-4-6-13-25)17-10-18-32-19-21-33(22-20-32)26-14-9-11-24(23-26)27-15-7-8-16-28(27)31/h4-9,11-16,23H,3,10,17-22H2,1-2H3. The average molecular weight is 475 g/mol. The third kappa shape index (κ3) is 5.57. The number of esters is 1. The molecule has 3 aromatic carbocycles. The summed E-state index contributed by atoms with van der Waals surface area (Å²) in [4.78, 5) is 17.7. The van der Waals surface area contributed by atoms with Crippen LogP contribution in [0.1, 0.15) is 31.7 Å². The smallest absolute Gasteiger partial charge is 0.316 e. The lowest BCUT2D eigenvalue weighted by molar-refractivity contribution is -0.148. The highest BCUT2D eigenvalue weighted by atomic mass is 19.1. The van der Waals surface area contributed by atoms with Gasteiger partial charge in [-0.15, -0.1) is 0 Å². The molecule has 0 spiro atoms. The van der Waals surface area contributed by atoms with Gasteiger partial charge in [0.1, 0.15) is 5.82 Å². The number of carbonyl (C=O) groups excluding carboxylic acids is 1. The van der Waals surface area contributed by atoms with E-state index in [-0.39, 0.29) is 11.8 Å². The molecule has 5 heteroatoms. The highest BCUT2D eigenvalue weighted by Gasteiger charge is 2.39. The van der Waals surface area contributed by atoms with Gasteiger partial charge in [-0.3, -0.25) is 9.69 Å². The van der Waals surface area contributed by atoms with E-state index in [0.717, 1.165) is 68.8 Å². The molecule has 1 saturated heterocycles. The number of hydrogen-bond donors (Lipinski definition) is 0. The van der Waals surface area contributed by atoms with Crippen LogP contribution in [0.3, 0.4) is 0 Å². The summed E-state index contributed by atoms with van der Waals surface area (Å²) in [6.07, 6.45) is 2.42. The van der Waals surface area contributed by atoms with Gasteiger partial charge in [-0.1, -0.05) is 67.6 Å². The Balaban J connectivity index is 1.35. The molecule has 1 atom stereocenters. The van der Waals surface area contributed by atoms with Crippen LogP contribution < -0.4 is 4.90 Å². The minimum absolute atomic E-state index is 0.147. The molecular formula is C30H35FN2O2. The molecule has 0 saturated carbocycles. The van der Waals surface area contributed by atoms with Gasteiger partial charge < -0.3 is 9.64 Å². The van der Waals surface area contributed by atoms with E-state index in [1.54, 1.807) is 6.07 Å². The van der Waals surface area contributed by atoms with Crippen molar-refractivity contribution >= 4 is 11.7 Å². The number of nitrogens with zero attached hydrogens (tertiary/aromatic N) is 2. The van der Waals surface area contributed by atoms with E-state index < -0.39 is 5.41 Å². The lowest BCUT2D eigenvalue weighted by Gasteiger charge is -2.37. The molecule has 1 unspecified atom stereocenters. The van der Waals surface area contributed by atoms with Crippen LogP contribution in [-0.4, -0.2) is 50.7 Å². The van der Waals surface area contributed by atoms with Gasteiger partial charge in [-0.2, -0.15) is 0 Å². The second-order valence-corrected chi connectivity index (χ2v) is 9.26. The SMILES string of the molecule is CCC(CCCN1CCN(c2cccc(-c3ccccc3F)c2)CC1)(C(=O)OC)c1ccccc1. The van der Waals surface area contributed by atoms with Gasteiger partial charge in [0, 0.05) is 37.4 Å². The second-order valence-electron chi connectivity index (χ2n) is 9.26. The van der Waals surface area contributed by atoms with Gasteiger partial charge in [0.25, 0.3) is 0 Å². The van der Waals surface area contributed by atoms with E-state index >= 15 is 0 Å². The van der Waals surface area contributed by atoms with Gasteiger partial charge >= 0.3 is 5.97 Å². The summed E-state index contributed by atoms with van der Waals surface area (Å²) in [6, 6.07) is 25.1. The fourth-order valence-corrected chi connectivity index (χ4v) is 5.24. The van der Waals surface area contributed by atoms with Crippen molar-refractivity contribution in [2.75, 3.05) is 44.7 Å². The first-order valence-electron chi connectivity index (χ1n) is 12.5. The fourth-order valence-electron chi connectivity index (χ4n) is 5.24. The predicted molar refractivity (Wildman–Crippen MR) is 140 cm³/mol. The van der Waals surface area contributed by atoms with E-state index in [1.807, 2.05) is 54.6 Å². The van der Waals surface area contributed by atoms with Crippen LogP contribution in [0.5, 0.6) is 0 Å². The Morgan fingerprint density at radius 2 is 1.66 bits per heavy atom. The van der Waals surface area contributed by atoms with E-state index in [0.29, 0.717) is 5.56 Å². The van der Waals surface area contributed by atoms with Crippen molar-refractivity contribution in [2.45, 2.75) is 31.6 Å². The normalized spacial score (nSPS) is 16.0. The number of rotatable bonds is 9. The highest BCUT2D eigenvalue weighted by Crippen LogP contribution is 2.35. The van der Waals surface area contributed by atoms with E-state index in [4.69, 9.17) is 4.74 Å². The summed E-state index contributed by atoms with van der Waals surface area (Å²) in [6.45, 7) is 6.80. The largest absolute Gasteiger partial charge is 0.468 e. The molecule has 4 rings (SSSR count). The Hall–Kier alpha value is -3.18. The number of methoxy groups -OCH3 is 1. The Kier molecular flexibility index (Phi) is 8.19. The van der Waals surface area contributed by atoms with Crippen LogP contribution in [0.2, 0.25) is 0 Å². The molecule has 1 aliphatic heterocycles. The van der Waals surface area contributed by atoms with Crippen molar-refractivity contribution in [2.24, 2.45) is 0 Å². The molecular weight excluding hydrogens is 439 g/mol. The molecule has 0 amide bonds. The Morgan fingerprint density at radius 1 is 0.943 bits per heavy atom. The summed E-state index contributed by atoms with van der Waals surface area (Å²) in [5.74, 6) is -0.342. The molecule has 1 heterocycles. The number of halogens is 1. The van der Waals surface area contributed by atoms with Crippen molar-refractivity contribution in [3.63, 3.8) is 0 Å². The van der Waals surface area contributed by atoms with Crippen molar-refractivity contribution in [1.29, 1.82) is 0 Å². The minimum atomic E-state index is -0.592. The fraction of sp³-hybridized carbons (Fsp3) is 0.367. The highest BCUT2D eigenvalue weighted by molar-refractivity contribution is 5.83.